The number of nitrogens with zero attached hydrogens (tertiary/aromatic N) is 1. The molecule has 1 amide bonds. The predicted octanol–water partition coefficient (Wildman–Crippen LogP) is -0.531. The quantitative estimate of drug-likeness (QED) is 0.718. The van der Waals surface area contributed by atoms with Crippen molar-refractivity contribution < 1.29 is 27.9 Å². The van der Waals surface area contributed by atoms with E-state index in [-0.39, 0.29) is 18.1 Å². The molecule has 0 aromatic rings. The lowest BCUT2D eigenvalue weighted by atomic mass is 10.1. The van der Waals surface area contributed by atoms with Crippen molar-refractivity contribution in [3.8, 4) is 0 Å². The van der Waals surface area contributed by atoms with Crippen LogP contribution in [0.15, 0.2) is 0 Å². The summed E-state index contributed by atoms with van der Waals surface area (Å²) in [6, 6.07) is -1.65. The van der Waals surface area contributed by atoms with E-state index in [0.29, 0.717) is 12.8 Å². The maximum atomic E-state index is 11.5. The Morgan fingerprint density at radius 1 is 1.47 bits per heavy atom. The monoisotopic (exact) mass is 263 g/mol. The van der Waals surface area contributed by atoms with Crippen molar-refractivity contribution in [1.82, 2.24) is 4.90 Å². The molecule has 0 aromatic heterocycles. The highest BCUT2D eigenvalue weighted by Gasteiger charge is 2.44. The van der Waals surface area contributed by atoms with Gasteiger partial charge in [-0.25, -0.2) is 18.0 Å². The van der Waals surface area contributed by atoms with Gasteiger partial charge >= 0.3 is 12.1 Å². The van der Waals surface area contributed by atoms with E-state index in [4.69, 9.17) is 5.11 Å². The minimum atomic E-state index is -3.18. The number of carboxylic acids is 1. The predicted molar refractivity (Wildman–Crippen MR) is 56.3 cm³/mol. The van der Waals surface area contributed by atoms with Gasteiger partial charge in [0.15, 0.2) is 15.9 Å². The van der Waals surface area contributed by atoms with Crippen molar-refractivity contribution in [2.24, 2.45) is 0 Å². The molecule has 96 valence electrons. The molecule has 1 N–H and O–H groups in total. The van der Waals surface area contributed by atoms with Crippen LogP contribution in [0.25, 0.3) is 0 Å². The van der Waals surface area contributed by atoms with E-state index in [1.54, 1.807) is 0 Å². The van der Waals surface area contributed by atoms with E-state index in [1.165, 1.54) is 0 Å². The smallest absolute Gasteiger partial charge is 0.411 e. The molecule has 2 fully saturated rings. The summed E-state index contributed by atoms with van der Waals surface area (Å²) in [6.45, 7) is -0.218. The van der Waals surface area contributed by atoms with Crippen LogP contribution in [-0.2, 0) is 19.4 Å². The van der Waals surface area contributed by atoms with Crippen molar-refractivity contribution in [1.29, 1.82) is 0 Å². The largest absolute Gasteiger partial charge is 0.480 e. The minimum absolute atomic E-state index is 0.101. The van der Waals surface area contributed by atoms with Gasteiger partial charge in [0.05, 0.1) is 17.5 Å². The number of carbonyl (C=O) groups is 2. The van der Waals surface area contributed by atoms with Crippen LogP contribution < -0.4 is 0 Å². The second kappa shape index (κ2) is 4.17. The topological polar surface area (TPSA) is 101 Å². The Bertz CT molecular complexity index is 444. The Balaban J connectivity index is 2.19. The van der Waals surface area contributed by atoms with Crippen molar-refractivity contribution >= 4 is 21.9 Å². The van der Waals surface area contributed by atoms with Gasteiger partial charge < -0.3 is 9.84 Å². The standard InChI is InChI=1S/C9H13NO6S/c11-8(12)7-4-16-9(13)10(7)6-2-1-3-17(14,15)5-6/h6-7H,1-5H2,(H,11,12). The Kier molecular flexibility index (Phi) is 2.98. The summed E-state index contributed by atoms with van der Waals surface area (Å²) in [5, 5.41) is 8.94. The number of rotatable bonds is 2. The zero-order chi connectivity index (χ0) is 12.6. The molecular weight excluding hydrogens is 250 g/mol. The molecule has 17 heavy (non-hydrogen) atoms. The van der Waals surface area contributed by atoms with Crippen molar-refractivity contribution in [3.05, 3.63) is 0 Å². The number of amides is 1. The molecule has 0 aromatic carbocycles. The van der Waals surface area contributed by atoms with Crippen LogP contribution in [0.2, 0.25) is 0 Å². The summed E-state index contributed by atoms with van der Waals surface area (Å²) in [4.78, 5) is 23.4. The normalized spacial score (nSPS) is 32.2. The molecular formula is C9H13NO6S. The van der Waals surface area contributed by atoms with Crippen molar-refractivity contribution in [2.45, 2.75) is 24.9 Å². The fraction of sp³-hybridized carbons (Fsp3) is 0.778. The molecule has 2 heterocycles. The van der Waals surface area contributed by atoms with Gasteiger partial charge in [-0.3, -0.25) is 4.90 Å². The first kappa shape index (κ1) is 12.2. The maximum Gasteiger partial charge on any atom is 0.411 e. The van der Waals surface area contributed by atoms with Gasteiger partial charge in [0, 0.05) is 0 Å². The van der Waals surface area contributed by atoms with E-state index in [9.17, 15) is 18.0 Å². The van der Waals surface area contributed by atoms with Gasteiger partial charge in [-0.15, -0.1) is 0 Å². The molecule has 2 unspecified atom stereocenters. The molecule has 0 bridgehead atoms. The van der Waals surface area contributed by atoms with E-state index in [1.807, 2.05) is 0 Å². The first-order chi connectivity index (χ1) is 7.91. The summed E-state index contributed by atoms with van der Waals surface area (Å²) in [5.41, 5.74) is 0. The van der Waals surface area contributed by atoms with Gasteiger partial charge in [0.2, 0.25) is 0 Å². The Labute approximate surface area is 98.3 Å². The zero-order valence-corrected chi connectivity index (χ0v) is 9.85. The van der Waals surface area contributed by atoms with Gasteiger partial charge in [-0.1, -0.05) is 0 Å². The zero-order valence-electron chi connectivity index (χ0n) is 9.03. The average Bonchev–Trinajstić information content (AvgIpc) is 2.58. The molecule has 7 nitrogen and oxygen atoms in total. The molecule has 2 aliphatic heterocycles. The molecule has 2 atom stereocenters. The Morgan fingerprint density at radius 2 is 2.18 bits per heavy atom. The molecule has 2 aliphatic rings. The molecule has 2 rings (SSSR count). The SMILES string of the molecule is O=C(O)C1COC(=O)N1C1CCCS(=O)(=O)C1. The molecule has 0 aliphatic carbocycles. The lowest BCUT2D eigenvalue weighted by Gasteiger charge is -2.31. The number of sulfone groups is 1. The Hall–Kier alpha value is -1.31. The number of cyclic esters (lactones) is 1. The summed E-state index contributed by atoms with van der Waals surface area (Å²) in [6.07, 6.45) is 0.209. The number of aliphatic carboxylic acids is 1. The molecule has 2 saturated heterocycles. The Morgan fingerprint density at radius 3 is 2.76 bits per heavy atom. The van der Waals surface area contributed by atoms with Gasteiger partial charge in [0.25, 0.3) is 0 Å². The van der Waals surface area contributed by atoms with Crippen molar-refractivity contribution in [3.63, 3.8) is 0 Å². The van der Waals surface area contributed by atoms with Crippen LogP contribution in [0, 0.1) is 0 Å². The highest BCUT2D eigenvalue weighted by atomic mass is 32.2. The lowest BCUT2D eigenvalue weighted by Crippen LogP contribution is -2.50. The molecule has 8 heteroatoms. The van der Waals surface area contributed by atoms with Crippen LogP contribution in [0.1, 0.15) is 12.8 Å². The second-order valence-corrected chi connectivity index (χ2v) is 6.48. The highest BCUT2D eigenvalue weighted by molar-refractivity contribution is 7.91. The fourth-order valence-corrected chi connectivity index (χ4v) is 3.93. The van der Waals surface area contributed by atoms with Gasteiger partial charge in [0.1, 0.15) is 6.61 Å². The average molecular weight is 263 g/mol. The van der Waals surface area contributed by atoms with E-state index in [2.05, 4.69) is 4.74 Å². The summed E-state index contributed by atoms with van der Waals surface area (Å²) in [7, 11) is -3.18. The van der Waals surface area contributed by atoms with E-state index >= 15 is 0 Å². The number of hydrogen-bond donors (Lipinski definition) is 1. The van der Waals surface area contributed by atoms with Crippen LogP contribution in [0.4, 0.5) is 4.79 Å². The fourth-order valence-electron chi connectivity index (χ4n) is 2.24. The van der Waals surface area contributed by atoms with Crippen molar-refractivity contribution in [2.75, 3.05) is 18.1 Å². The third-order valence-electron chi connectivity index (χ3n) is 3.03. The molecule has 0 spiro atoms. The number of hydrogen-bond acceptors (Lipinski definition) is 5. The summed E-state index contributed by atoms with van der Waals surface area (Å²) in [5.74, 6) is -1.24. The van der Waals surface area contributed by atoms with E-state index < -0.39 is 34.0 Å². The van der Waals surface area contributed by atoms with Crippen LogP contribution in [0.5, 0.6) is 0 Å². The van der Waals surface area contributed by atoms with E-state index in [0.717, 1.165) is 4.90 Å². The maximum absolute atomic E-state index is 11.5. The first-order valence-electron chi connectivity index (χ1n) is 5.29. The highest BCUT2D eigenvalue weighted by Crippen LogP contribution is 2.24. The molecule has 0 radical (unpaired) electrons. The molecule has 0 saturated carbocycles. The number of carbonyl (C=O) groups excluding carboxylic acids is 1. The van der Waals surface area contributed by atoms with Crippen LogP contribution in [-0.4, -0.2) is 60.7 Å². The second-order valence-electron chi connectivity index (χ2n) is 4.25. The van der Waals surface area contributed by atoms with Crippen LogP contribution in [0.3, 0.4) is 0 Å². The third-order valence-corrected chi connectivity index (χ3v) is 4.83. The van der Waals surface area contributed by atoms with Crippen LogP contribution >= 0.6 is 0 Å². The van der Waals surface area contributed by atoms with Gasteiger partial charge in [-0.2, -0.15) is 0 Å². The van der Waals surface area contributed by atoms with Gasteiger partial charge in [-0.05, 0) is 12.8 Å². The first-order valence-corrected chi connectivity index (χ1v) is 7.11. The lowest BCUT2D eigenvalue weighted by molar-refractivity contribution is -0.142. The third kappa shape index (κ3) is 2.36. The minimum Gasteiger partial charge on any atom is -0.480 e. The summed E-state index contributed by atoms with van der Waals surface area (Å²) >= 11 is 0. The summed E-state index contributed by atoms with van der Waals surface area (Å²) < 4.78 is 27.6. The number of carboxylic acid groups (broad SMARTS) is 1. The number of ether oxygens (including phenoxy) is 1.